The largest absolute Gasteiger partial charge is 0.493 e. The molecule has 0 bridgehead atoms. The van der Waals surface area contributed by atoms with E-state index in [4.69, 9.17) is 0 Å². The molecule has 0 fully saturated rings. The maximum atomic E-state index is 13.1. The van der Waals surface area contributed by atoms with E-state index in [-0.39, 0.29) is 17.6 Å². The first-order valence-corrected chi connectivity index (χ1v) is 8.11. The van der Waals surface area contributed by atoms with Crippen molar-refractivity contribution in [1.29, 1.82) is 0 Å². The number of amides is 1. The monoisotopic (exact) mass is 350 g/mol. The third-order valence-corrected chi connectivity index (χ3v) is 4.18. The van der Waals surface area contributed by atoms with E-state index in [1.165, 1.54) is 16.8 Å². The zero-order chi connectivity index (χ0) is 18.1. The van der Waals surface area contributed by atoms with Gasteiger partial charge in [-0.25, -0.2) is 14.5 Å². The highest BCUT2D eigenvalue weighted by Crippen LogP contribution is 2.26. The van der Waals surface area contributed by atoms with E-state index in [9.17, 15) is 14.3 Å². The lowest BCUT2D eigenvalue weighted by molar-refractivity contribution is -0.121. The Labute approximate surface area is 148 Å². The first kappa shape index (κ1) is 16.0. The van der Waals surface area contributed by atoms with Gasteiger partial charge in [0.1, 0.15) is 5.82 Å². The topological polar surface area (TPSA) is 79.5 Å². The van der Waals surface area contributed by atoms with Crippen LogP contribution in [-0.2, 0) is 4.79 Å². The SMILES string of the molecule is O=C1CCC(c2ccc(-c3cc(O)n(-c4ccc(F)cc4)n3)cc2)=NN1. The van der Waals surface area contributed by atoms with Gasteiger partial charge in [-0.1, -0.05) is 24.3 Å². The van der Waals surface area contributed by atoms with Gasteiger partial charge in [-0.15, -0.1) is 0 Å². The molecule has 2 heterocycles. The normalized spacial score (nSPS) is 14.0. The van der Waals surface area contributed by atoms with E-state index in [1.54, 1.807) is 18.2 Å². The summed E-state index contributed by atoms with van der Waals surface area (Å²) in [6.45, 7) is 0. The number of hydrogen-bond donors (Lipinski definition) is 2. The van der Waals surface area contributed by atoms with Crippen molar-refractivity contribution in [2.45, 2.75) is 12.8 Å². The number of nitrogens with one attached hydrogen (secondary N) is 1. The van der Waals surface area contributed by atoms with E-state index in [0.29, 0.717) is 24.2 Å². The van der Waals surface area contributed by atoms with Crippen LogP contribution in [-0.4, -0.2) is 26.5 Å². The summed E-state index contributed by atoms with van der Waals surface area (Å²) in [7, 11) is 0. The average Bonchev–Trinajstić information content (AvgIpc) is 3.05. The summed E-state index contributed by atoms with van der Waals surface area (Å²) in [5.41, 5.74) is 6.23. The van der Waals surface area contributed by atoms with Crippen molar-refractivity contribution in [3.8, 4) is 22.8 Å². The van der Waals surface area contributed by atoms with Crippen molar-refractivity contribution in [2.24, 2.45) is 5.10 Å². The number of hydrogen-bond acceptors (Lipinski definition) is 4. The molecule has 26 heavy (non-hydrogen) atoms. The quantitative estimate of drug-likeness (QED) is 0.762. The number of carbonyl (C=O) groups is 1. The molecule has 0 spiro atoms. The second-order valence-electron chi connectivity index (χ2n) is 5.95. The second kappa shape index (κ2) is 6.44. The van der Waals surface area contributed by atoms with E-state index in [0.717, 1.165) is 16.8 Å². The van der Waals surface area contributed by atoms with Crippen LogP contribution in [0.25, 0.3) is 16.9 Å². The van der Waals surface area contributed by atoms with Gasteiger partial charge in [-0.3, -0.25) is 4.79 Å². The summed E-state index contributed by atoms with van der Waals surface area (Å²) in [4.78, 5) is 11.2. The molecule has 4 rings (SSSR count). The molecule has 0 saturated heterocycles. The molecule has 0 radical (unpaired) electrons. The third-order valence-electron chi connectivity index (χ3n) is 4.18. The van der Waals surface area contributed by atoms with Crippen LogP contribution in [0, 0.1) is 5.82 Å². The zero-order valence-electron chi connectivity index (χ0n) is 13.7. The van der Waals surface area contributed by atoms with E-state index >= 15 is 0 Å². The van der Waals surface area contributed by atoms with Crippen molar-refractivity contribution < 1.29 is 14.3 Å². The number of carbonyl (C=O) groups excluding carboxylic acids is 1. The first-order valence-electron chi connectivity index (χ1n) is 8.11. The van der Waals surface area contributed by atoms with Crippen LogP contribution >= 0.6 is 0 Å². The van der Waals surface area contributed by atoms with E-state index in [1.807, 2.05) is 24.3 Å². The third kappa shape index (κ3) is 3.06. The molecule has 1 aromatic heterocycles. The maximum Gasteiger partial charge on any atom is 0.240 e. The van der Waals surface area contributed by atoms with Gasteiger partial charge in [0.2, 0.25) is 11.8 Å². The minimum absolute atomic E-state index is 0.0324. The predicted molar refractivity (Wildman–Crippen MR) is 94.5 cm³/mol. The van der Waals surface area contributed by atoms with Crippen LogP contribution in [0.15, 0.2) is 59.7 Å². The summed E-state index contributed by atoms with van der Waals surface area (Å²) < 4.78 is 14.4. The van der Waals surface area contributed by atoms with Crippen LogP contribution < -0.4 is 5.43 Å². The van der Waals surface area contributed by atoms with Gasteiger partial charge in [0.15, 0.2) is 0 Å². The van der Waals surface area contributed by atoms with E-state index in [2.05, 4.69) is 15.6 Å². The molecule has 2 N–H and O–H groups in total. The minimum Gasteiger partial charge on any atom is -0.493 e. The van der Waals surface area contributed by atoms with Crippen LogP contribution in [0.4, 0.5) is 4.39 Å². The average molecular weight is 350 g/mol. The molecule has 2 aromatic carbocycles. The number of benzene rings is 2. The molecule has 6 nitrogen and oxygen atoms in total. The maximum absolute atomic E-state index is 13.1. The number of aromatic hydroxyl groups is 1. The van der Waals surface area contributed by atoms with Crippen molar-refractivity contribution in [2.75, 3.05) is 0 Å². The molecule has 130 valence electrons. The predicted octanol–water partition coefficient (Wildman–Crippen LogP) is 3.00. The van der Waals surface area contributed by atoms with Crippen molar-refractivity contribution in [1.82, 2.24) is 15.2 Å². The van der Waals surface area contributed by atoms with Gasteiger partial charge >= 0.3 is 0 Å². The fraction of sp³-hybridized carbons (Fsp3) is 0.105. The van der Waals surface area contributed by atoms with Gasteiger partial charge in [0, 0.05) is 24.5 Å². The number of aromatic nitrogens is 2. The molecule has 0 atom stereocenters. The Morgan fingerprint density at radius 2 is 1.69 bits per heavy atom. The Kier molecular flexibility index (Phi) is 3.96. The fourth-order valence-corrected chi connectivity index (χ4v) is 2.80. The first-order chi connectivity index (χ1) is 12.6. The Hall–Kier alpha value is -3.48. The van der Waals surface area contributed by atoms with Gasteiger partial charge in [-0.05, 0) is 29.8 Å². The van der Waals surface area contributed by atoms with Crippen LogP contribution in [0.3, 0.4) is 0 Å². The Morgan fingerprint density at radius 1 is 1.00 bits per heavy atom. The lowest BCUT2D eigenvalue weighted by Gasteiger charge is -2.12. The van der Waals surface area contributed by atoms with Gasteiger partial charge in [-0.2, -0.15) is 10.2 Å². The Bertz CT molecular complexity index is 991. The molecular formula is C19H15FN4O2. The molecule has 1 amide bonds. The smallest absolute Gasteiger partial charge is 0.240 e. The molecular weight excluding hydrogens is 335 g/mol. The molecule has 0 saturated carbocycles. The Balaban J connectivity index is 1.61. The standard InChI is InChI=1S/C19H15FN4O2/c20-14-5-7-15(8-6-14)24-19(26)11-17(23-24)13-3-1-12(2-4-13)16-9-10-18(25)22-21-16/h1-8,11,26H,9-10H2,(H,22,25). The highest BCUT2D eigenvalue weighted by molar-refractivity contribution is 6.04. The number of hydrazone groups is 1. The summed E-state index contributed by atoms with van der Waals surface area (Å²) in [5, 5.41) is 18.6. The molecule has 0 aliphatic carbocycles. The summed E-state index contributed by atoms with van der Waals surface area (Å²) in [5.74, 6) is -0.458. The minimum atomic E-state index is -0.349. The van der Waals surface area contributed by atoms with Crippen molar-refractivity contribution in [3.05, 3.63) is 66.0 Å². The Morgan fingerprint density at radius 3 is 2.35 bits per heavy atom. The zero-order valence-corrected chi connectivity index (χ0v) is 13.7. The lowest BCUT2D eigenvalue weighted by Crippen LogP contribution is -2.25. The highest BCUT2D eigenvalue weighted by atomic mass is 19.1. The number of rotatable bonds is 3. The van der Waals surface area contributed by atoms with Gasteiger partial charge in [0.25, 0.3) is 0 Å². The lowest BCUT2D eigenvalue weighted by atomic mass is 10.0. The number of halogens is 1. The fourth-order valence-electron chi connectivity index (χ4n) is 2.80. The van der Waals surface area contributed by atoms with Gasteiger partial charge < -0.3 is 5.11 Å². The molecule has 0 unspecified atom stereocenters. The summed E-state index contributed by atoms with van der Waals surface area (Å²) >= 11 is 0. The molecule has 1 aliphatic rings. The molecule has 3 aromatic rings. The highest BCUT2D eigenvalue weighted by Gasteiger charge is 2.14. The second-order valence-corrected chi connectivity index (χ2v) is 5.95. The summed E-state index contributed by atoms with van der Waals surface area (Å²) in [6, 6.07) is 14.8. The van der Waals surface area contributed by atoms with Crippen LogP contribution in [0.5, 0.6) is 5.88 Å². The number of nitrogens with zero attached hydrogens (tertiary/aromatic N) is 3. The van der Waals surface area contributed by atoms with Crippen molar-refractivity contribution >= 4 is 11.6 Å². The van der Waals surface area contributed by atoms with Gasteiger partial charge in [0.05, 0.1) is 17.1 Å². The molecule has 1 aliphatic heterocycles. The van der Waals surface area contributed by atoms with Crippen molar-refractivity contribution in [3.63, 3.8) is 0 Å². The summed E-state index contributed by atoms with van der Waals surface area (Å²) in [6.07, 6.45) is 1.03. The van der Waals surface area contributed by atoms with E-state index < -0.39 is 0 Å². The van der Waals surface area contributed by atoms with Crippen LogP contribution in [0.1, 0.15) is 18.4 Å². The van der Waals surface area contributed by atoms with Crippen LogP contribution in [0.2, 0.25) is 0 Å². The molecule has 7 heteroatoms.